The summed E-state index contributed by atoms with van der Waals surface area (Å²) in [5.74, 6) is 0. The van der Waals surface area contributed by atoms with Crippen molar-refractivity contribution in [3.05, 3.63) is 0 Å². The Hall–Kier alpha value is 1.18. The molecule has 0 aliphatic heterocycles. The molecule has 0 rings (SSSR count). The second-order valence-corrected chi connectivity index (χ2v) is 2.49. The molecule has 0 aromatic rings. The Morgan fingerprint density at radius 2 is 0.643 bits per heavy atom. The van der Waals surface area contributed by atoms with Gasteiger partial charge in [-0.2, -0.15) is 0 Å². The molecule has 0 unspecified atom stereocenters. The molecule has 0 spiro atoms. The Balaban J connectivity index is -0.0000000153. The minimum atomic E-state index is 0. The van der Waals surface area contributed by atoms with Crippen molar-refractivity contribution in [1.82, 2.24) is 0 Å². The molecule has 0 amide bonds. The zero-order valence-corrected chi connectivity index (χ0v) is 11.4. The summed E-state index contributed by atoms with van der Waals surface area (Å²) in [6.07, 6.45) is 0. The van der Waals surface area contributed by atoms with Crippen LogP contribution in [0.1, 0.15) is 62.8 Å². The number of hydrogen-bond donors (Lipinski definition) is 2. The Kier molecular flexibility index (Phi) is 124. The van der Waals surface area contributed by atoms with E-state index in [9.17, 15) is 0 Å². The van der Waals surface area contributed by atoms with Crippen molar-refractivity contribution in [2.75, 3.05) is 0 Å². The molecule has 2 nitrogen and oxygen atoms in total. The van der Waals surface area contributed by atoms with Gasteiger partial charge in [0.2, 0.25) is 0 Å². The molecule has 0 radical (unpaired) electrons. The molecule has 14 heavy (non-hydrogen) atoms. The summed E-state index contributed by atoms with van der Waals surface area (Å²) in [6, 6.07) is 0.667. The third-order valence-electron chi connectivity index (χ3n) is 0. The van der Waals surface area contributed by atoms with Gasteiger partial charge in [-0.3, -0.25) is 0 Å². The Morgan fingerprint density at radius 1 is 0.643 bits per heavy atom. The summed E-state index contributed by atoms with van der Waals surface area (Å²) in [5.41, 5.74) is 10.2. The second-order valence-electron chi connectivity index (χ2n) is 2.49. The average Bonchev–Trinajstić information content (AvgIpc) is 1.93. The van der Waals surface area contributed by atoms with Crippen molar-refractivity contribution >= 4 is 0 Å². The predicted octanol–water partition coefficient (Wildman–Crippen LogP) is 3.40. The standard InChI is InChI=1S/2C3H9N.2C2H6.CH4.Ar/c2*1-3(2)4;2*1-2;;/h2*3H,4H2,1-2H3;2*1-2H3;1H4;. The van der Waals surface area contributed by atoms with Crippen LogP contribution in [0, 0.1) is 37.7 Å². The van der Waals surface area contributed by atoms with E-state index >= 15 is 0 Å². The van der Waals surface area contributed by atoms with E-state index in [0.29, 0.717) is 12.1 Å². The summed E-state index contributed by atoms with van der Waals surface area (Å²) in [5, 5.41) is 0. The van der Waals surface area contributed by atoms with E-state index in [1.54, 1.807) is 0 Å². The third kappa shape index (κ3) is 1400. The number of nitrogens with two attached hydrogens (primary N) is 2. The molecule has 0 saturated carbocycles. The molecule has 0 fully saturated rings. The van der Waals surface area contributed by atoms with Gasteiger partial charge in [0, 0.05) is 37.7 Å². The van der Waals surface area contributed by atoms with Gasteiger partial charge in [-0.1, -0.05) is 62.8 Å². The van der Waals surface area contributed by atoms with Gasteiger partial charge in [-0.25, -0.2) is 0 Å². The van der Waals surface area contributed by atoms with Crippen LogP contribution in [-0.4, -0.2) is 12.1 Å². The molecular weight excluding hydrogens is 200 g/mol. The van der Waals surface area contributed by atoms with Crippen LogP contribution in [0.5, 0.6) is 0 Å². The molecule has 0 aromatic carbocycles. The summed E-state index contributed by atoms with van der Waals surface area (Å²) < 4.78 is 0. The molecule has 0 aliphatic carbocycles. The van der Waals surface area contributed by atoms with Gasteiger partial charge in [0.15, 0.2) is 0 Å². The van der Waals surface area contributed by atoms with Crippen molar-refractivity contribution in [3.8, 4) is 0 Å². The first kappa shape index (κ1) is 36.2. The molecule has 0 heterocycles. The quantitative estimate of drug-likeness (QED) is 0.675. The molecule has 0 aliphatic rings. The molecule has 3 heteroatoms. The Morgan fingerprint density at radius 3 is 0.643 bits per heavy atom. The van der Waals surface area contributed by atoms with Gasteiger partial charge in [-0.15, -0.1) is 0 Å². The van der Waals surface area contributed by atoms with Gasteiger partial charge in [0.25, 0.3) is 0 Å². The Bertz CT molecular complexity index is 28.8. The molecule has 0 saturated heterocycles. The molecular formula is C11H34ArN2. The Labute approximate surface area is 123 Å². The van der Waals surface area contributed by atoms with Crippen molar-refractivity contribution in [1.29, 1.82) is 0 Å². The van der Waals surface area contributed by atoms with E-state index in [4.69, 9.17) is 11.5 Å². The summed E-state index contributed by atoms with van der Waals surface area (Å²) in [4.78, 5) is 0. The maximum atomic E-state index is 5.11. The normalized spacial score (nSPS) is 6.00. The van der Waals surface area contributed by atoms with Crippen LogP contribution in [0.4, 0.5) is 0 Å². The maximum Gasteiger partial charge on any atom is 0 e. The predicted molar refractivity (Wildman–Crippen MR) is 68.1 cm³/mol. The van der Waals surface area contributed by atoms with E-state index in [0.717, 1.165) is 0 Å². The average molecular weight is 234 g/mol. The fourth-order valence-corrected chi connectivity index (χ4v) is 0. The van der Waals surface area contributed by atoms with E-state index in [-0.39, 0.29) is 45.2 Å². The molecule has 96 valence electrons. The summed E-state index contributed by atoms with van der Waals surface area (Å²) in [6.45, 7) is 15.8. The zero-order chi connectivity index (χ0) is 11.2. The summed E-state index contributed by atoms with van der Waals surface area (Å²) in [7, 11) is 0. The van der Waals surface area contributed by atoms with Crippen molar-refractivity contribution in [2.24, 2.45) is 11.5 Å². The van der Waals surface area contributed by atoms with E-state index in [1.807, 2.05) is 55.4 Å². The van der Waals surface area contributed by atoms with Crippen LogP contribution in [0.3, 0.4) is 0 Å². The van der Waals surface area contributed by atoms with Crippen LogP contribution >= 0.6 is 0 Å². The van der Waals surface area contributed by atoms with Crippen LogP contribution in [0.15, 0.2) is 0 Å². The minimum absolute atomic E-state index is 0. The van der Waals surface area contributed by atoms with Gasteiger partial charge in [0.1, 0.15) is 0 Å². The molecule has 0 bridgehead atoms. The maximum absolute atomic E-state index is 5.11. The third-order valence-corrected chi connectivity index (χ3v) is 0. The van der Waals surface area contributed by atoms with Crippen LogP contribution in [0.2, 0.25) is 0 Å². The van der Waals surface area contributed by atoms with Gasteiger partial charge in [0.05, 0.1) is 0 Å². The topological polar surface area (TPSA) is 52.0 Å². The largest absolute Gasteiger partial charge is 0.328 e. The van der Waals surface area contributed by atoms with E-state index in [1.165, 1.54) is 0 Å². The van der Waals surface area contributed by atoms with Crippen LogP contribution in [-0.2, 0) is 0 Å². The SMILES string of the molecule is C.CC.CC.CC(C)N.CC(C)N.[Ar]. The first-order valence-electron chi connectivity index (χ1n) is 4.98. The van der Waals surface area contributed by atoms with E-state index < -0.39 is 0 Å². The molecule has 4 N–H and O–H groups in total. The van der Waals surface area contributed by atoms with Gasteiger partial charge < -0.3 is 11.5 Å². The van der Waals surface area contributed by atoms with E-state index in [2.05, 4.69) is 0 Å². The van der Waals surface area contributed by atoms with Crippen molar-refractivity contribution in [2.45, 2.75) is 74.9 Å². The molecule has 0 atom stereocenters. The van der Waals surface area contributed by atoms with Gasteiger partial charge in [-0.05, 0) is 12.1 Å². The zero-order valence-electron chi connectivity index (χ0n) is 10.7. The summed E-state index contributed by atoms with van der Waals surface area (Å²) >= 11 is 0. The second kappa shape index (κ2) is 47.8. The minimum Gasteiger partial charge on any atom is -0.328 e. The first-order chi connectivity index (χ1) is 5.46. The first-order valence-corrected chi connectivity index (χ1v) is 4.98. The fourth-order valence-electron chi connectivity index (χ4n) is 0. The van der Waals surface area contributed by atoms with Gasteiger partial charge >= 0.3 is 0 Å². The smallest absolute Gasteiger partial charge is 0 e. The van der Waals surface area contributed by atoms with Crippen LogP contribution < -0.4 is 11.5 Å². The van der Waals surface area contributed by atoms with Crippen LogP contribution in [0.25, 0.3) is 0 Å². The number of rotatable bonds is 0. The van der Waals surface area contributed by atoms with Crippen molar-refractivity contribution < 1.29 is 37.7 Å². The number of hydrogen-bond acceptors (Lipinski definition) is 2. The van der Waals surface area contributed by atoms with Crippen molar-refractivity contribution in [3.63, 3.8) is 0 Å². The monoisotopic (exact) mass is 234 g/mol. The molecule has 0 aromatic heterocycles. The fraction of sp³-hybridized carbons (Fsp3) is 1.00.